The fraction of sp³-hybridized carbons (Fsp3) is 0.348. The predicted octanol–water partition coefficient (Wildman–Crippen LogP) is 5.36. The van der Waals surface area contributed by atoms with Crippen molar-refractivity contribution >= 4 is 34.7 Å². The Balaban J connectivity index is 1.50. The number of thiophene rings is 1. The minimum absolute atomic E-state index is 0.0384. The van der Waals surface area contributed by atoms with E-state index in [-0.39, 0.29) is 11.7 Å². The molecule has 0 fully saturated rings. The third-order valence-corrected chi connectivity index (χ3v) is 7.39. The van der Waals surface area contributed by atoms with Crippen LogP contribution in [-0.4, -0.2) is 26.4 Å². The first-order valence-electron chi connectivity index (χ1n) is 10.4. The zero-order valence-corrected chi connectivity index (χ0v) is 18.8. The first kappa shape index (κ1) is 20.9. The second-order valence-corrected chi connectivity index (χ2v) is 9.22. The fourth-order valence-corrected chi connectivity index (χ4v) is 5.71. The average molecular weight is 439 g/mol. The van der Waals surface area contributed by atoms with Crippen molar-refractivity contribution in [2.24, 2.45) is 0 Å². The number of benzene rings is 1. The molecular formula is C23H26N4OS2. The highest BCUT2D eigenvalue weighted by Crippen LogP contribution is 2.36. The van der Waals surface area contributed by atoms with Crippen molar-refractivity contribution in [2.75, 3.05) is 11.1 Å². The minimum atomic E-state index is -0.0384. The number of hydrogen-bond acceptors (Lipinski definition) is 5. The zero-order valence-electron chi connectivity index (χ0n) is 17.2. The van der Waals surface area contributed by atoms with Crippen LogP contribution in [-0.2, 0) is 30.6 Å². The number of nitrogens with one attached hydrogen (secondary N) is 1. The van der Waals surface area contributed by atoms with Gasteiger partial charge in [0.15, 0.2) is 11.0 Å². The van der Waals surface area contributed by atoms with Crippen LogP contribution >= 0.6 is 23.1 Å². The van der Waals surface area contributed by atoms with E-state index in [1.165, 1.54) is 40.6 Å². The molecule has 1 aliphatic carbocycles. The normalized spacial score (nSPS) is 13.1. The third kappa shape index (κ3) is 4.37. The van der Waals surface area contributed by atoms with Gasteiger partial charge in [-0.15, -0.1) is 28.1 Å². The molecule has 3 aromatic rings. The number of amides is 1. The number of allylic oxidation sites excluding steroid dienone is 1. The van der Waals surface area contributed by atoms with E-state index in [0.29, 0.717) is 6.54 Å². The van der Waals surface area contributed by atoms with Crippen molar-refractivity contribution in [1.82, 2.24) is 14.8 Å². The molecule has 1 aliphatic rings. The lowest BCUT2D eigenvalue weighted by Crippen LogP contribution is -2.15. The van der Waals surface area contributed by atoms with Gasteiger partial charge < -0.3 is 5.32 Å². The van der Waals surface area contributed by atoms with E-state index in [1.54, 1.807) is 0 Å². The van der Waals surface area contributed by atoms with Crippen molar-refractivity contribution in [3.05, 3.63) is 58.3 Å². The Morgan fingerprint density at radius 2 is 2.13 bits per heavy atom. The van der Waals surface area contributed by atoms with Crippen molar-refractivity contribution in [3.8, 4) is 11.4 Å². The molecule has 0 radical (unpaired) electrons. The number of carbonyl (C=O) groups excluding carboxylic acids is 1. The summed E-state index contributed by atoms with van der Waals surface area (Å²) in [6.45, 7) is 6.60. The predicted molar refractivity (Wildman–Crippen MR) is 125 cm³/mol. The summed E-state index contributed by atoms with van der Waals surface area (Å²) in [4.78, 5) is 14.0. The number of rotatable bonds is 8. The van der Waals surface area contributed by atoms with Crippen LogP contribution in [0.2, 0.25) is 0 Å². The van der Waals surface area contributed by atoms with E-state index in [0.717, 1.165) is 41.5 Å². The first-order chi connectivity index (χ1) is 14.7. The van der Waals surface area contributed by atoms with E-state index in [1.807, 2.05) is 41.7 Å². The summed E-state index contributed by atoms with van der Waals surface area (Å²) in [5.74, 6) is 1.13. The van der Waals surface area contributed by atoms with Gasteiger partial charge in [0.2, 0.25) is 5.91 Å². The van der Waals surface area contributed by atoms with Gasteiger partial charge in [-0.1, -0.05) is 43.0 Å². The van der Waals surface area contributed by atoms with Gasteiger partial charge in [-0.2, -0.15) is 0 Å². The molecule has 1 amide bonds. The van der Waals surface area contributed by atoms with E-state index in [9.17, 15) is 4.79 Å². The highest BCUT2D eigenvalue weighted by atomic mass is 32.2. The summed E-state index contributed by atoms with van der Waals surface area (Å²) >= 11 is 3.24. The van der Waals surface area contributed by atoms with Crippen LogP contribution in [0, 0.1) is 0 Å². The number of thioether (sulfide) groups is 1. The summed E-state index contributed by atoms with van der Waals surface area (Å²) in [6, 6.07) is 7.92. The molecule has 156 valence electrons. The second kappa shape index (κ2) is 9.62. The third-order valence-electron chi connectivity index (χ3n) is 5.34. The highest BCUT2D eigenvalue weighted by molar-refractivity contribution is 7.99. The Morgan fingerprint density at radius 3 is 2.97 bits per heavy atom. The number of hydrogen-bond donors (Lipinski definition) is 1. The van der Waals surface area contributed by atoms with Crippen molar-refractivity contribution in [3.63, 3.8) is 0 Å². The molecule has 0 unspecified atom stereocenters. The number of nitrogens with zero attached hydrogens (tertiary/aromatic N) is 3. The van der Waals surface area contributed by atoms with Crippen LogP contribution < -0.4 is 5.32 Å². The molecule has 5 nitrogen and oxygen atoms in total. The molecule has 2 heterocycles. The molecule has 7 heteroatoms. The van der Waals surface area contributed by atoms with Crippen molar-refractivity contribution < 1.29 is 4.79 Å². The maximum Gasteiger partial charge on any atom is 0.234 e. The fourth-order valence-electron chi connectivity index (χ4n) is 3.84. The monoisotopic (exact) mass is 438 g/mol. The maximum absolute atomic E-state index is 12.5. The number of fused-ring (bicyclic) bond motifs is 1. The first-order valence-corrected chi connectivity index (χ1v) is 12.2. The van der Waals surface area contributed by atoms with E-state index in [4.69, 9.17) is 0 Å². The molecule has 1 N–H and O–H groups in total. The van der Waals surface area contributed by atoms with Gasteiger partial charge >= 0.3 is 0 Å². The summed E-state index contributed by atoms with van der Waals surface area (Å²) in [7, 11) is 0. The molecule has 0 aliphatic heterocycles. The largest absolute Gasteiger partial charge is 0.325 e. The quantitative estimate of drug-likeness (QED) is 0.380. The molecule has 2 aromatic heterocycles. The molecule has 0 bridgehead atoms. The van der Waals surface area contributed by atoms with Gasteiger partial charge in [-0.25, -0.2) is 0 Å². The van der Waals surface area contributed by atoms with Crippen LogP contribution in [0.1, 0.15) is 35.8 Å². The van der Waals surface area contributed by atoms with Crippen molar-refractivity contribution in [2.45, 2.75) is 50.7 Å². The van der Waals surface area contributed by atoms with Gasteiger partial charge in [0.05, 0.1) is 5.75 Å². The average Bonchev–Trinajstić information content (AvgIpc) is 3.37. The topological polar surface area (TPSA) is 59.8 Å². The highest BCUT2D eigenvalue weighted by Gasteiger charge is 2.22. The number of para-hydroxylation sites is 1. The lowest BCUT2D eigenvalue weighted by atomic mass is 9.95. The van der Waals surface area contributed by atoms with Crippen LogP contribution in [0.3, 0.4) is 0 Å². The number of aryl methyl sites for hydroxylation is 2. The smallest absolute Gasteiger partial charge is 0.234 e. The van der Waals surface area contributed by atoms with Gasteiger partial charge in [-0.3, -0.25) is 9.36 Å². The Labute approximate surface area is 185 Å². The van der Waals surface area contributed by atoms with Crippen LogP contribution in [0.5, 0.6) is 0 Å². The van der Waals surface area contributed by atoms with Gasteiger partial charge in [0, 0.05) is 28.1 Å². The molecule has 0 saturated carbocycles. The summed E-state index contributed by atoms with van der Waals surface area (Å²) in [6.07, 6.45) is 7.50. The zero-order chi connectivity index (χ0) is 20.9. The van der Waals surface area contributed by atoms with E-state index >= 15 is 0 Å². The number of aromatic nitrogens is 3. The van der Waals surface area contributed by atoms with Gasteiger partial charge in [0.25, 0.3) is 0 Å². The molecular weight excluding hydrogens is 412 g/mol. The van der Waals surface area contributed by atoms with Crippen LogP contribution in [0.4, 0.5) is 5.69 Å². The summed E-state index contributed by atoms with van der Waals surface area (Å²) < 4.78 is 2.07. The standard InChI is InChI=1S/C23H26N4OS2/c1-3-13-27-22(18-14-29-20-12-8-6-10-17(18)20)25-26-23(27)30-15-21(28)24-19-11-7-5-9-16(19)4-2/h3,5,7,9,11,14H,1,4,6,8,10,12-13,15H2,2H3,(H,24,28). The maximum atomic E-state index is 12.5. The van der Waals surface area contributed by atoms with E-state index < -0.39 is 0 Å². The summed E-state index contributed by atoms with van der Waals surface area (Å²) in [5.41, 5.74) is 4.63. The summed E-state index contributed by atoms with van der Waals surface area (Å²) in [5, 5.41) is 14.9. The minimum Gasteiger partial charge on any atom is -0.325 e. The molecule has 0 spiro atoms. The van der Waals surface area contributed by atoms with E-state index in [2.05, 4.69) is 39.0 Å². The second-order valence-electron chi connectivity index (χ2n) is 7.31. The Kier molecular flexibility index (Phi) is 6.69. The molecule has 30 heavy (non-hydrogen) atoms. The number of anilines is 1. The van der Waals surface area contributed by atoms with Crippen LogP contribution in [0.15, 0.2) is 47.5 Å². The lowest BCUT2D eigenvalue weighted by Gasteiger charge is -2.13. The molecule has 4 rings (SSSR count). The lowest BCUT2D eigenvalue weighted by molar-refractivity contribution is -0.113. The van der Waals surface area contributed by atoms with Crippen molar-refractivity contribution in [1.29, 1.82) is 0 Å². The van der Waals surface area contributed by atoms with Crippen LogP contribution in [0.25, 0.3) is 11.4 Å². The molecule has 0 saturated heterocycles. The Hall–Kier alpha value is -2.38. The van der Waals surface area contributed by atoms with Gasteiger partial charge in [0.1, 0.15) is 0 Å². The molecule has 1 aromatic carbocycles. The van der Waals surface area contributed by atoms with Gasteiger partial charge in [-0.05, 0) is 49.3 Å². The SMILES string of the molecule is C=CCn1c(SCC(=O)Nc2ccccc2CC)nnc1-c1csc2c1CCCC2. The Morgan fingerprint density at radius 1 is 1.30 bits per heavy atom. The Bertz CT molecular complexity index is 1050. The molecule has 0 atom stereocenters. The number of carbonyl (C=O) groups is 1.